The van der Waals surface area contributed by atoms with E-state index >= 15 is 0 Å². The van der Waals surface area contributed by atoms with Gasteiger partial charge in [0.2, 0.25) is 0 Å². The van der Waals surface area contributed by atoms with E-state index in [1.54, 1.807) is 0 Å². The second-order valence-electron chi connectivity index (χ2n) is 4.35. The number of ether oxygens (including phenoxy) is 2. The van der Waals surface area contributed by atoms with E-state index in [9.17, 15) is 0 Å². The van der Waals surface area contributed by atoms with Crippen LogP contribution in [0.15, 0.2) is 60.7 Å². The van der Waals surface area contributed by atoms with Gasteiger partial charge in [-0.25, -0.2) is 0 Å². The van der Waals surface area contributed by atoms with Crippen molar-refractivity contribution in [3.05, 3.63) is 60.7 Å². The molecule has 0 aromatic heterocycles. The van der Waals surface area contributed by atoms with Crippen LogP contribution < -0.4 is 9.47 Å². The molecule has 0 saturated carbocycles. The van der Waals surface area contributed by atoms with Gasteiger partial charge in [-0.05, 0) is 24.3 Å². The van der Waals surface area contributed by atoms with E-state index < -0.39 is 0 Å². The van der Waals surface area contributed by atoms with Crippen molar-refractivity contribution in [3.63, 3.8) is 0 Å². The highest BCUT2D eigenvalue weighted by molar-refractivity contribution is 5.21. The van der Waals surface area contributed by atoms with Crippen molar-refractivity contribution in [1.29, 1.82) is 0 Å². The Bertz CT molecular complexity index is 396. The molecule has 2 heteroatoms. The van der Waals surface area contributed by atoms with Crippen LogP contribution in [-0.2, 0) is 0 Å². The number of hydrogen-bond donors (Lipinski definition) is 0. The minimum atomic E-state index is 0.352. The van der Waals surface area contributed by atoms with Crippen LogP contribution in [0.1, 0.15) is 6.92 Å². The van der Waals surface area contributed by atoms with Crippen molar-refractivity contribution < 1.29 is 9.47 Å². The number of para-hydroxylation sites is 2. The number of rotatable bonds is 6. The summed E-state index contributed by atoms with van der Waals surface area (Å²) in [5.74, 6) is 2.17. The first-order chi connectivity index (χ1) is 8.84. The molecule has 0 N–H and O–H groups in total. The third kappa shape index (κ3) is 4.13. The molecular formula is C16H18O2. The van der Waals surface area contributed by atoms with Gasteiger partial charge < -0.3 is 9.47 Å². The van der Waals surface area contributed by atoms with Gasteiger partial charge >= 0.3 is 0 Å². The van der Waals surface area contributed by atoms with Gasteiger partial charge in [0.1, 0.15) is 11.5 Å². The molecule has 0 amide bonds. The zero-order valence-electron chi connectivity index (χ0n) is 10.6. The van der Waals surface area contributed by atoms with E-state index in [1.807, 2.05) is 60.7 Å². The number of benzene rings is 2. The zero-order chi connectivity index (χ0) is 12.6. The average Bonchev–Trinajstić information content (AvgIpc) is 2.45. The molecule has 0 aliphatic carbocycles. The predicted octanol–water partition coefficient (Wildman–Crippen LogP) is 3.78. The van der Waals surface area contributed by atoms with Crippen molar-refractivity contribution in [2.45, 2.75) is 6.92 Å². The molecule has 0 aliphatic heterocycles. The SMILES string of the molecule is CC(COc1ccccc1)COc1ccccc1. The first-order valence-electron chi connectivity index (χ1n) is 6.20. The Labute approximate surface area is 108 Å². The van der Waals surface area contributed by atoms with Gasteiger partial charge in [-0.3, -0.25) is 0 Å². The summed E-state index contributed by atoms with van der Waals surface area (Å²) >= 11 is 0. The van der Waals surface area contributed by atoms with Gasteiger partial charge in [0.05, 0.1) is 13.2 Å². The Morgan fingerprint density at radius 3 is 1.50 bits per heavy atom. The van der Waals surface area contributed by atoms with E-state index in [1.165, 1.54) is 0 Å². The van der Waals surface area contributed by atoms with Gasteiger partial charge in [0.25, 0.3) is 0 Å². The van der Waals surface area contributed by atoms with E-state index in [0.717, 1.165) is 11.5 Å². The fraction of sp³-hybridized carbons (Fsp3) is 0.250. The van der Waals surface area contributed by atoms with Crippen molar-refractivity contribution in [2.75, 3.05) is 13.2 Å². The lowest BCUT2D eigenvalue weighted by Gasteiger charge is -2.14. The minimum absolute atomic E-state index is 0.352. The third-order valence-corrected chi connectivity index (χ3v) is 2.56. The Hall–Kier alpha value is -1.96. The second kappa shape index (κ2) is 6.70. The number of hydrogen-bond acceptors (Lipinski definition) is 2. The van der Waals surface area contributed by atoms with Crippen LogP contribution in [0.4, 0.5) is 0 Å². The quantitative estimate of drug-likeness (QED) is 0.767. The van der Waals surface area contributed by atoms with Crippen molar-refractivity contribution >= 4 is 0 Å². The van der Waals surface area contributed by atoms with Crippen LogP contribution in [0.3, 0.4) is 0 Å². The summed E-state index contributed by atoms with van der Waals surface area (Å²) in [6, 6.07) is 19.7. The summed E-state index contributed by atoms with van der Waals surface area (Å²) in [4.78, 5) is 0. The lowest BCUT2D eigenvalue weighted by Crippen LogP contribution is -2.16. The van der Waals surface area contributed by atoms with E-state index in [-0.39, 0.29) is 0 Å². The lowest BCUT2D eigenvalue weighted by molar-refractivity contribution is 0.188. The van der Waals surface area contributed by atoms with Crippen LogP contribution in [0, 0.1) is 5.92 Å². The summed E-state index contributed by atoms with van der Waals surface area (Å²) in [5, 5.41) is 0. The summed E-state index contributed by atoms with van der Waals surface area (Å²) in [5.41, 5.74) is 0. The second-order valence-corrected chi connectivity index (χ2v) is 4.35. The first kappa shape index (κ1) is 12.5. The van der Waals surface area contributed by atoms with Gasteiger partial charge in [-0.1, -0.05) is 43.3 Å². The third-order valence-electron chi connectivity index (χ3n) is 2.56. The topological polar surface area (TPSA) is 18.5 Å². The molecule has 0 bridgehead atoms. The van der Waals surface area contributed by atoms with Gasteiger partial charge in [0.15, 0.2) is 0 Å². The van der Waals surface area contributed by atoms with E-state index in [0.29, 0.717) is 19.1 Å². The maximum absolute atomic E-state index is 5.68. The summed E-state index contributed by atoms with van der Waals surface area (Å²) in [7, 11) is 0. The molecular weight excluding hydrogens is 224 g/mol. The van der Waals surface area contributed by atoms with E-state index in [2.05, 4.69) is 6.92 Å². The first-order valence-corrected chi connectivity index (χ1v) is 6.20. The fourth-order valence-electron chi connectivity index (χ4n) is 1.56. The standard InChI is InChI=1S/C16H18O2/c1-14(12-17-15-8-4-2-5-9-15)13-18-16-10-6-3-7-11-16/h2-11,14H,12-13H2,1H3. The van der Waals surface area contributed by atoms with Crippen LogP contribution in [0.2, 0.25) is 0 Å². The molecule has 0 aliphatic rings. The van der Waals surface area contributed by atoms with Gasteiger partial charge in [-0.2, -0.15) is 0 Å². The average molecular weight is 242 g/mol. The van der Waals surface area contributed by atoms with Crippen LogP contribution in [-0.4, -0.2) is 13.2 Å². The maximum Gasteiger partial charge on any atom is 0.119 e. The lowest BCUT2D eigenvalue weighted by atomic mass is 10.2. The highest BCUT2D eigenvalue weighted by atomic mass is 16.5. The molecule has 0 atom stereocenters. The Morgan fingerprint density at radius 1 is 0.722 bits per heavy atom. The molecule has 2 nitrogen and oxygen atoms in total. The monoisotopic (exact) mass is 242 g/mol. The van der Waals surface area contributed by atoms with Crippen LogP contribution >= 0.6 is 0 Å². The molecule has 0 fully saturated rings. The smallest absolute Gasteiger partial charge is 0.119 e. The molecule has 2 aromatic carbocycles. The summed E-state index contributed by atoms with van der Waals surface area (Å²) in [6.45, 7) is 3.44. The molecule has 0 radical (unpaired) electrons. The maximum atomic E-state index is 5.68. The Balaban J connectivity index is 1.71. The molecule has 0 saturated heterocycles. The van der Waals surface area contributed by atoms with Crippen LogP contribution in [0.25, 0.3) is 0 Å². The molecule has 0 unspecified atom stereocenters. The molecule has 0 spiro atoms. The van der Waals surface area contributed by atoms with Crippen molar-refractivity contribution in [3.8, 4) is 11.5 Å². The van der Waals surface area contributed by atoms with E-state index in [4.69, 9.17) is 9.47 Å². The Kier molecular flexibility index (Phi) is 4.65. The predicted molar refractivity (Wildman–Crippen MR) is 73.0 cm³/mol. The molecule has 2 aromatic rings. The summed E-state index contributed by atoms with van der Waals surface area (Å²) < 4.78 is 11.4. The highest BCUT2D eigenvalue weighted by Gasteiger charge is 2.04. The fourth-order valence-corrected chi connectivity index (χ4v) is 1.56. The molecule has 0 heterocycles. The van der Waals surface area contributed by atoms with Gasteiger partial charge in [-0.15, -0.1) is 0 Å². The van der Waals surface area contributed by atoms with Crippen molar-refractivity contribution in [2.24, 2.45) is 5.92 Å². The Morgan fingerprint density at radius 2 is 1.11 bits per heavy atom. The summed E-state index contributed by atoms with van der Waals surface area (Å²) in [6.07, 6.45) is 0. The van der Waals surface area contributed by atoms with Gasteiger partial charge in [0, 0.05) is 5.92 Å². The molecule has 18 heavy (non-hydrogen) atoms. The van der Waals surface area contributed by atoms with Crippen LogP contribution in [0.5, 0.6) is 11.5 Å². The largest absolute Gasteiger partial charge is 0.493 e. The highest BCUT2D eigenvalue weighted by Crippen LogP contribution is 2.12. The molecule has 94 valence electrons. The normalized spacial score (nSPS) is 10.3. The molecule has 2 rings (SSSR count). The minimum Gasteiger partial charge on any atom is -0.493 e. The van der Waals surface area contributed by atoms with Crippen molar-refractivity contribution in [1.82, 2.24) is 0 Å². The zero-order valence-corrected chi connectivity index (χ0v) is 10.6.